The average molecular weight is 581 g/mol. The van der Waals surface area contributed by atoms with Crippen molar-refractivity contribution in [2.75, 3.05) is 13.7 Å². The fraction of sp³-hybridized carbons (Fsp3) is 0.161. The van der Waals surface area contributed by atoms with E-state index < -0.39 is 23.4 Å². The van der Waals surface area contributed by atoms with Crippen LogP contribution in [0.15, 0.2) is 72.8 Å². The van der Waals surface area contributed by atoms with Crippen molar-refractivity contribution in [2.45, 2.75) is 19.6 Å². The number of halogens is 4. The summed E-state index contributed by atoms with van der Waals surface area (Å²) in [5.41, 5.74) is 3.10. The number of benzene rings is 4. The molecule has 0 saturated carbocycles. The summed E-state index contributed by atoms with van der Waals surface area (Å²) in [6.45, 7) is -0.191. The SMILES string of the molecule is COC(=O)c1ccc2nc(Cc3ccc(-c4ccc(F)c(OCc5ccc(Cl)cc5F)c4)cc3F)n(CCO)c2c1. The Hall–Kier alpha value is -4.34. The number of aliphatic hydroxyl groups excluding tert-OH is 1. The Bertz CT molecular complexity index is 1760. The molecule has 4 aromatic carbocycles. The normalized spacial score (nSPS) is 11.2. The molecule has 1 heterocycles. The van der Waals surface area contributed by atoms with E-state index in [4.69, 9.17) is 21.1 Å². The molecule has 1 aromatic heterocycles. The van der Waals surface area contributed by atoms with Gasteiger partial charge in [0.2, 0.25) is 0 Å². The summed E-state index contributed by atoms with van der Waals surface area (Å²) in [7, 11) is 1.29. The van der Waals surface area contributed by atoms with Crippen molar-refractivity contribution in [1.29, 1.82) is 0 Å². The molecule has 6 nitrogen and oxygen atoms in total. The van der Waals surface area contributed by atoms with Crippen molar-refractivity contribution in [3.63, 3.8) is 0 Å². The van der Waals surface area contributed by atoms with Gasteiger partial charge in [0.05, 0.1) is 30.3 Å². The lowest BCUT2D eigenvalue weighted by Gasteiger charge is -2.12. The van der Waals surface area contributed by atoms with Gasteiger partial charge < -0.3 is 19.1 Å². The topological polar surface area (TPSA) is 73.6 Å². The van der Waals surface area contributed by atoms with Gasteiger partial charge in [-0.3, -0.25) is 0 Å². The molecule has 0 spiro atoms. The third-order valence-electron chi connectivity index (χ3n) is 6.64. The van der Waals surface area contributed by atoms with Gasteiger partial charge in [0.15, 0.2) is 11.6 Å². The molecule has 0 unspecified atom stereocenters. The van der Waals surface area contributed by atoms with Crippen molar-refractivity contribution in [3.05, 3.63) is 118 Å². The van der Waals surface area contributed by atoms with Crippen LogP contribution < -0.4 is 4.74 Å². The number of aliphatic hydroxyl groups is 1. The zero-order chi connectivity index (χ0) is 29.1. The number of methoxy groups -OCH3 is 1. The van der Waals surface area contributed by atoms with Gasteiger partial charge in [-0.2, -0.15) is 0 Å². The summed E-state index contributed by atoms with van der Waals surface area (Å²) < 4.78 is 55.9. The van der Waals surface area contributed by atoms with E-state index in [0.717, 1.165) is 6.07 Å². The summed E-state index contributed by atoms with van der Waals surface area (Å²) in [6.07, 6.45) is 0.124. The number of ether oxygens (including phenoxy) is 2. The van der Waals surface area contributed by atoms with Crippen LogP contribution in [0.4, 0.5) is 13.2 Å². The molecule has 5 rings (SSSR count). The molecule has 0 amide bonds. The molecular formula is C31H24ClF3N2O4. The van der Waals surface area contributed by atoms with E-state index in [1.807, 2.05) is 0 Å². The number of hydrogen-bond acceptors (Lipinski definition) is 5. The molecule has 0 saturated heterocycles. The van der Waals surface area contributed by atoms with Crippen molar-refractivity contribution in [2.24, 2.45) is 0 Å². The molecule has 0 bridgehead atoms. The molecule has 0 aliphatic carbocycles. The van der Waals surface area contributed by atoms with E-state index >= 15 is 4.39 Å². The number of nitrogens with zero attached hydrogens (tertiary/aromatic N) is 2. The highest BCUT2D eigenvalue weighted by Gasteiger charge is 2.17. The van der Waals surface area contributed by atoms with Gasteiger partial charge in [0.25, 0.3) is 0 Å². The number of esters is 1. The maximum absolute atomic E-state index is 15.3. The standard InChI is InChI=1S/C31H24ClF3N2O4/c1-40-31(39)21-6-9-27-28(13-21)37(10-11-38)30(36-27)15-20-3-2-18(12-25(20)34)19-5-8-24(33)29(14-19)41-17-22-4-7-23(32)16-26(22)35/h2-9,12-14,16,38H,10-11,15,17H2,1H3. The highest BCUT2D eigenvalue weighted by atomic mass is 35.5. The van der Waals surface area contributed by atoms with Crippen molar-refractivity contribution < 1.29 is 32.5 Å². The number of carbonyl (C=O) groups excluding carboxylic acids is 1. The minimum Gasteiger partial charge on any atom is -0.486 e. The van der Waals surface area contributed by atoms with E-state index in [0.29, 0.717) is 39.1 Å². The first-order chi connectivity index (χ1) is 19.8. The van der Waals surface area contributed by atoms with E-state index in [-0.39, 0.29) is 42.5 Å². The summed E-state index contributed by atoms with van der Waals surface area (Å²) in [4.78, 5) is 16.6. The molecule has 5 aromatic rings. The minimum absolute atomic E-state index is 0.106. The Balaban J connectivity index is 1.39. The maximum atomic E-state index is 15.3. The van der Waals surface area contributed by atoms with Gasteiger partial charge in [-0.15, -0.1) is 0 Å². The van der Waals surface area contributed by atoms with Gasteiger partial charge in [0, 0.05) is 23.6 Å². The zero-order valence-electron chi connectivity index (χ0n) is 21.8. The lowest BCUT2D eigenvalue weighted by Crippen LogP contribution is -2.09. The molecule has 1 N–H and O–H groups in total. The highest BCUT2D eigenvalue weighted by Crippen LogP contribution is 2.30. The first-order valence-electron chi connectivity index (χ1n) is 12.6. The number of rotatable bonds is 9. The van der Waals surface area contributed by atoms with Crippen molar-refractivity contribution in [1.82, 2.24) is 9.55 Å². The molecule has 0 aliphatic rings. The molecule has 210 valence electrons. The van der Waals surface area contributed by atoms with Gasteiger partial charge in [-0.25, -0.2) is 22.9 Å². The fourth-order valence-corrected chi connectivity index (χ4v) is 4.69. The van der Waals surface area contributed by atoms with Crippen LogP contribution in [0, 0.1) is 17.5 Å². The Morgan fingerprint density at radius 1 is 0.902 bits per heavy atom. The monoisotopic (exact) mass is 580 g/mol. The third-order valence-corrected chi connectivity index (χ3v) is 6.87. The molecule has 10 heteroatoms. The number of carbonyl (C=O) groups is 1. The second-order valence-electron chi connectivity index (χ2n) is 9.25. The first-order valence-corrected chi connectivity index (χ1v) is 13.0. The number of hydrogen-bond donors (Lipinski definition) is 1. The van der Waals surface area contributed by atoms with Crippen LogP contribution in [0.5, 0.6) is 5.75 Å². The summed E-state index contributed by atoms with van der Waals surface area (Å²) in [5, 5.41) is 9.86. The minimum atomic E-state index is -0.640. The third kappa shape index (κ3) is 6.06. The average Bonchev–Trinajstić information content (AvgIpc) is 3.30. The quantitative estimate of drug-likeness (QED) is 0.196. The van der Waals surface area contributed by atoms with E-state index in [2.05, 4.69) is 4.98 Å². The first kappa shape index (κ1) is 28.2. The molecular weight excluding hydrogens is 557 g/mol. The molecule has 41 heavy (non-hydrogen) atoms. The van der Waals surface area contributed by atoms with E-state index in [9.17, 15) is 18.7 Å². The maximum Gasteiger partial charge on any atom is 0.337 e. The van der Waals surface area contributed by atoms with Crippen LogP contribution in [0.3, 0.4) is 0 Å². The number of imidazole rings is 1. The van der Waals surface area contributed by atoms with Crippen LogP contribution in [0.2, 0.25) is 5.02 Å². The zero-order valence-corrected chi connectivity index (χ0v) is 22.6. The van der Waals surface area contributed by atoms with Crippen molar-refractivity contribution in [3.8, 4) is 16.9 Å². The predicted octanol–water partition coefficient (Wildman–Crippen LogP) is 6.72. The van der Waals surface area contributed by atoms with Crippen molar-refractivity contribution >= 4 is 28.6 Å². The lowest BCUT2D eigenvalue weighted by molar-refractivity contribution is 0.0601. The largest absolute Gasteiger partial charge is 0.486 e. The van der Waals surface area contributed by atoms with Gasteiger partial charge in [0.1, 0.15) is 24.1 Å². The van der Waals surface area contributed by atoms with Crippen LogP contribution in [-0.4, -0.2) is 34.3 Å². The molecule has 0 aliphatic heterocycles. The molecule has 0 fully saturated rings. The Morgan fingerprint density at radius 3 is 2.37 bits per heavy atom. The second kappa shape index (κ2) is 12.0. The van der Waals surface area contributed by atoms with Crippen LogP contribution in [-0.2, 0) is 24.3 Å². The van der Waals surface area contributed by atoms with Gasteiger partial charge in [-0.05, 0) is 65.2 Å². The number of fused-ring (bicyclic) bond motifs is 1. The highest BCUT2D eigenvalue weighted by molar-refractivity contribution is 6.30. The number of aromatic nitrogens is 2. The smallest absolute Gasteiger partial charge is 0.337 e. The van der Waals surface area contributed by atoms with Crippen LogP contribution >= 0.6 is 11.6 Å². The summed E-state index contributed by atoms with van der Waals surface area (Å²) >= 11 is 5.78. The second-order valence-corrected chi connectivity index (χ2v) is 9.69. The van der Waals surface area contributed by atoms with Gasteiger partial charge >= 0.3 is 5.97 Å². The fourth-order valence-electron chi connectivity index (χ4n) is 4.53. The van der Waals surface area contributed by atoms with Gasteiger partial charge in [-0.1, -0.05) is 35.9 Å². The van der Waals surface area contributed by atoms with Crippen LogP contribution in [0.1, 0.15) is 27.3 Å². The molecule has 0 radical (unpaired) electrons. The lowest BCUT2D eigenvalue weighted by atomic mass is 10.0. The molecule has 0 atom stereocenters. The van der Waals surface area contributed by atoms with Crippen LogP contribution in [0.25, 0.3) is 22.2 Å². The predicted molar refractivity (Wildman–Crippen MR) is 149 cm³/mol. The summed E-state index contributed by atoms with van der Waals surface area (Å²) in [6, 6.07) is 17.8. The Kier molecular flexibility index (Phi) is 8.28. The van der Waals surface area contributed by atoms with E-state index in [1.54, 1.807) is 34.9 Å². The van der Waals surface area contributed by atoms with E-state index in [1.165, 1.54) is 43.5 Å². The summed E-state index contributed by atoms with van der Waals surface area (Å²) in [5.74, 6) is -1.81. The Labute approximate surface area is 238 Å². The Morgan fingerprint density at radius 2 is 1.63 bits per heavy atom.